The molecule has 0 saturated carbocycles. The summed E-state index contributed by atoms with van der Waals surface area (Å²) in [5, 5.41) is 8.86. The van der Waals surface area contributed by atoms with Crippen molar-refractivity contribution in [2.24, 2.45) is 0 Å². The fourth-order valence-corrected chi connectivity index (χ4v) is 3.74. The number of sulfonamides is 1. The van der Waals surface area contributed by atoms with Gasteiger partial charge < -0.3 is 14.6 Å². The first kappa shape index (κ1) is 19.0. The average molecular weight is 378 g/mol. The van der Waals surface area contributed by atoms with Crippen molar-refractivity contribution in [2.75, 3.05) is 19.8 Å². The zero-order valence-corrected chi connectivity index (χ0v) is 14.6. The molecule has 1 saturated heterocycles. The Kier molecular flexibility index (Phi) is 6.85. The number of aliphatic carboxylic acids is 1. The van der Waals surface area contributed by atoms with Crippen molar-refractivity contribution < 1.29 is 27.8 Å². The van der Waals surface area contributed by atoms with Gasteiger partial charge in [-0.05, 0) is 37.5 Å². The van der Waals surface area contributed by atoms with Crippen LogP contribution in [0.3, 0.4) is 0 Å². The van der Waals surface area contributed by atoms with E-state index in [1.807, 2.05) is 0 Å². The molecule has 2 N–H and O–H groups in total. The minimum Gasteiger partial charge on any atom is -0.489 e. The van der Waals surface area contributed by atoms with Gasteiger partial charge in [-0.25, -0.2) is 13.1 Å². The van der Waals surface area contributed by atoms with Crippen molar-refractivity contribution in [3.63, 3.8) is 0 Å². The van der Waals surface area contributed by atoms with E-state index in [4.69, 9.17) is 26.2 Å². The second-order valence-electron chi connectivity index (χ2n) is 5.43. The van der Waals surface area contributed by atoms with Crippen molar-refractivity contribution in [1.29, 1.82) is 0 Å². The predicted molar refractivity (Wildman–Crippen MR) is 88.0 cm³/mol. The summed E-state index contributed by atoms with van der Waals surface area (Å²) < 4.78 is 38.1. The lowest BCUT2D eigenvalue weighted by Crippen LogP contribution is -2.28. The Labute approximate surface area is 146 Å². The third-order valence-corrected chi connectivity index (χ3v) is 5.24. The van der Waals surface area contributed by atoms with Gasteiger partial charge in [0.1, 0.15) is 17.3 Å². The standard InChI is InChI=1S/C15H20ClNO6S/c16-11-4-5-13(23-10-12-3-1-2-8-22-12)14(9-11)24(20,21)17-7-6-15(18)19/h4-5,9,12,17H,1-3,6-8,10H2,(H,18,19). The molecule has 1 aliphatic rings. The molecular formula is C15H20ClNO6S. The third kappa shape index (κ3) is 5.62. The minimum absolute atomic E-state index is 0.0649. The summed E-state index contributed by atoms with van der Waals surface area (Å²) in [4.78, 5) is 10.4. The van der Waals surface area contributed by atoms with Crippen LogP contribution >= 0.6 is 11.6 Å². The number of ether oxygens (including phenoxy) is 2. The molecule has 0 spiro atoms. The summed E-state index contributed by atoms with van der Waals surface area (Å²) in [6, 6.07) is 4.30. The highest BCUT2D eigenvalue weighted by Crippen LogP contribution is 2.28. The molecule has 0 amide bonds. The smallest absolute Gasteiger partial charge is 0.304 e. The molecule has 1 unspecified atom stereocenters. The number of carbonyl (C=O) groups is 1. The van der Waals surface area contributed by atoms with Crippen LogP contribution in [0.2, 0.25) is 5.02 Å². The number of benzene rings is 1. The van der Waals surface area contributed by atoms with Gasteiger partial charge in [-0.3, -0.25) is 4.79 Å². The van der Waals surface area contributed by atoms with Crippen LogP contribution in [0.1, 0.15) is 25.7 Å². The first-order valence-electron chi connectivity index (χ1n) is 7.64. The summed E-state index contributed by atoms with van der Waals surface area (Å²) in [5.41, 5.74) is 0. The van der Waals surface area contributed by atoms with Gasteiger partial charge in [0.25, 0.3) is 0 Å². The maximum atomic E-state index is 12.4. The molecule has 9 heteroatoms. The van der Waals surface area contributed by atoms with Gasteiger partial charge in [0.2, 0.25) is 10.0 Å². The Hall–Kier alpha value is -1.35. The molecule has 7 nitrogen and oxygen atoms in total. The van der Waals surface area contributed by atoms with Crippen LogP contribution in [0, 0.1) is 0 Å². The molecule has 0 bridgehead atoms. The van der Waals surface area contributed by atoms with Crippen molar-refractivity contribution in [3.05, 3.63) is 23.2 Å². The molecular weight excluding hydrogens is 358 g/mol. The highest BCUT2D eigenvalue weighted by atomic mass is 35.5. The number of carboxylic acid groups (broad SMARTS) is 1. The van der Waals surface area contributed by atoms with E-state index < -0.39 is 16.0 Å². The minimum atomic E-state index is -3.93. The number of rotatable bonds is 8. The van der Waals surface area contributed by atoms with E-state index in [0.717, 1.165) is 19.3 Å². The molecule has 134 valence electrons. The quantitative estimate of drug-likeness (QED) is 0.718. The number of hydrogen-bond donors (Lipinski definition) is 2. The van der Waals surface area contributed by atoms with Crippen LogP contribution in [-0.2, 0) is 19.6 Å². The number of carboxylic acids is 1. The topological polar surface area (TPSA) is 102 Å². The van der Waals surface area contributed by atoms with E-state index in [9.17, 15) is 13.2 Å². The van der Waals surface area contributed by atoms with Crippen LogP contribution < -0.4 is 9.46 Å². The number of hydrogen-bond acceptors (Lipinski definition) is 5. The summed E-state index contributed by atoms with van der Waals surface area (Å²) in [6.45, 7) is 0.713. The predicted octanol–water partition coefficient (Wildman–Crippen LogP) is 2.04. The van der Waals surface area contributed by atoms with E-state index in [0.29, 0.717) is 6.61 Å². The third-order valence-electron chi connectivity index (χ3n) is 3.52. The first-order chi connectivity index (χ1) is 11.4. The van der Waals surface area contributed by atoms with Crippen LogP contribution in [0.15, 0.2) is 23.1 Å². The Morgan fingerprint density at radius 1 is 1.42 bits per heavy atom. The summed E-state index contributed by atoms with van der Waals surface area (Å²) in [7, 11) is -3.93. The second kappa shape index (κ2) is 8.66. The van der Waals surface area contributed by atoms with Gasteiger partial charge >= 0.3 is 5.97 Å². The van der Waals surface area contributed by atoms with Gasteiger partial charge in [-0.2, -0.15) is 0 Å². The Bertz CT molecular complexity index is 673. The van der Waals surface area contributed by atoms with Gasteiger partial charge in [0.15, 0.2) is 0 Å². The monoisotopic (exact) mass is 377 g/mol. The highest BCUT2D eigenvalue weighted by Gasteiger charge is 2.22. The van der Waals surface area contributed by atoms with Gasteiger partial charge in [-0.1, -0.05) is 11.6 Å². The van der Waals surface area contributed by atoms with Crippen LogP contribution in [0.4, 0.5) is 0 Å². The molecule has 1 aromatic carbocycles. The molecule has 0 radical (unpaired) electrons. The molecule has 1 fully saturated rings. The average Bonchev–Trinajstić information content (AvgIpc) is 2.54. The largest absolute Gasteiger partial charge is 0.489 e. The number of halogens is 1. The fourth-order valence-electron chi connectivity index (χ4n) is 2.30. The highest BCUT2D eigenvalue weighted by molar-refractivity contribution is 7.89. The van der Waals surface area contributed by atoms with E-state index in [1.165, 1.54) is 18.2 Å². The molecule has 24 heavy (non-hydrogen) atoms. The van der Waals surface area contributed by atoms with Crippen LogP contribution in [-0.4, -0.2) is 45.4 Å². The van der Waals surface area contributed by atoms with Gasteiger partial charge in [0.05, 0.1) is 12.5 Å². The molecule has 0 aliphatic carbocycles. The lowest BCUT2D eigenvalue weighted by atomic mass is 10.1. The normalized spacial score (nSPS) is 18.3. The van der Waals surface area contributed by atoms with Crippen molar-refractivity contribution in [3.8, 4) is 5.75 Å². The zero-order valence-electron chi connectivity index (χ0n) is 13.0. The fraction of sp³-hybridized carbons (Fsp3) is 0.533. The van der Waals surface area contributed by atoms with E-state index in [1.54, 1.807) is 0 Å². The van der Waals surface area contributed by atoms with Gasteiger partial charge in [-0.15, -0.1) is 0 Å². The Morgan fingerprint density at radius 2 is 2.21 bits per heavy atom. The summed E-state index contributed by atoms with van der Waals surface area (Å²) in [6.07, 6.45) is 2.56. The maximum Gasteiger partial charge on any atom is 0.304 e. The number of nitrogens with one attached hydrogen (secondary N) is 1. The van der Waals surface area contributed by atoms with Gasteiger partial charge in [0, 0.05) is 18.2 Å². The summed E-state index contributed by atoms with van der Waals surface area (Å²) in [5.74, 6) is -0.925. The molecule has 1 aromatic rings. The van der Waals surface area contributed by atoms with Crippen molar-refractivity contribution >= 4 is 27.6 Å². The van der Waals surface area contributed by atoms with E-state index >= 15 is 0 Å². The molecule has 1 atom stereocenters. The van der Waals surface area contributed by atoms with E-state index in [-0.39, 0.29) is 41.3 Å². The zero-order chi connectivity index (χ0) is 17.6. The molecule has 0 aromatic heterocycles. The lowest BCUT2D eigenvalue weighted by molar-refractivity contribution is -0.136. The van der Waals surface area contributed by atoms with Crippen molar-refractivity contribution in [2.45, 2.75) is 36.7 Å². The maximum absolute atomic E-state index is 12.4. The van der Waals surface area contributed by atoms with Crippen LogP contribution in [0.5, 0.6) is 5.75 Å². The van der Waals surface area contributed by atoms with Crippen LogP contribution in [0.25, 0.3) is 0 Å². The second-order valence-corrected chi connectivity index (χ2v) is 7.60. The first-order valence-corrected chi connectivity index (χ1v) is 9.50. The Balaban J connectivity index is 2.09. The molecule has 1 heterocycles. The Morgan fingerprint density at radius 3 is 2.88 bits per heavy atom. The lowest BCUT2D eigenvalue weighted by Gasteiger charge is -2.23. The van der Waals surface area contributed by atoms with Crippen molar-refractivity contribution in [1.82, 2.24) is 4.72 Å². The molecule has 2 rings (SSSR count). The summed E-state index contributed by atoms with van der Waals surface area (Å²) >= 11 is 5.89. The SMILES string of the molecule is O=C(O)CCNS(=O)(=O)c1cc(Cl)ccc1OCC1CCCCO1. The molecule has 1 aliphatic heterocycles. The van der Waals surface area contributed by atoms with E-state index in [2.05, 4.69) is 4.72 Å².